The van der Waals surface area contributed by atoms with Crippen molar-refractivity contribution in [3.63, 3.8) is 0 Å². The number of anilines is 2. The van der Waals surface area contributed by atoms with Crippen LogP contribution in [0.4, 0.5) is 11.4 Å². The Morgan fingerprint density at radius 3 is 2.76 bits per heavy atom. The molecule has 38 heavy (non-hydrogen) atoms. The lowest BCUT2D eigenvalue weighted by molar-refractivity contribution is 0.191. The quantitative estimate of drug-likeness (QED) is 0.242. The Bertz CT molecular complexity index is 1460. The van der Waals surface area contributed by atoms with Gasteiger partial charge in [-0.15, -0.1) is 0 Å². The number of hydrogen-bond donors (Lipinski definition) is 4. The molecule has 0 spiro atoms. The molecular formula is C28H33ClN6O2S. The van der Waals surface area contributed by atoms with E-state index in [-0.39, 0.29) is 12.1 Å². The van der Waals surface area contributed by atoms with E-state index in [9.17, 15) is 9.90 Å². The summed E-state index contributed by atoms with van der Waals surface area (Å²) in [6.45, 7) is 7.49. The molecule has 3 heterocycles. The maximum absolute atomic E-state index is 12.9. The third-order valence-electron chi connectivity index (χ3n) is 7.03. The van der Waals surface area contributed by atoms with Gasteiger partial charge in [-0.25, -0.2) is 4.98 Å². The molecule has 4 aromatic rings. The second kappa shape index (κ2) is 11.8. The second-order valence-electron chi connectivity index (χ2n) is 9.61. The maximum Gasteiger partial charge on any atom is 0.261 e. The molecular weight excluding hydrogens is 520 g/mol. The minimum atomic E-state index is -0.789. The largest absolute Gasteiger partial charge is 0.387 e. The van der Waals surface area contributed by atoms with E-state index in [1.165, 1.54) is 5.69 Å². The third-order valence-corrected chi connectivity index (χ3v) is 7.85. The van der Waals surface area contributed by atoms with Crippen molar-refractivity contribution in [1.29, 1.82) is 0 Å². The van der Waals surface area contributed by atoms with Gasteiger partial charge in [-0.2, -0.15) is 11.8 Å². The highest BCUT2D eigenvalue weighted by Gasteiger charge is 2.20. The summed E-state index contributed by atoms with van der Waals surface area (Å²) in [5.74, 6) is 1.65. The molecule has 10 heteroatoms. The zero-order chi connectivity index (χ0) is 26.6. The summed E-state index contributed by atoms with van der Waals surface area (Å²) in [5, 5.41) is 14.4. The number of nitrogens with zero attached hydrogens (tertiary/aromatic N) is 3. The average molecular weight is 553 g/mol. The number of nitrogens with one attached hydrogen (secondary N) is 3. The summed E-state index contributed by atoms with van der Waals surface area (Å²) in [5.41, 5.74) is 5.41. The zero-order valence-electron chi connectivity index (χ0n) is 21.6. The van der Waals surface area contributed by atoms with Gasteiger partial charge < -0.3 is 25.3 Å². The van der Waals surface area contributed by atoms with Crippen LogP contribution in [-0.2, 0) is 0 Å². The van der Waals surface area contributed by atoms with Gasteiger partial charge in [0.1, 0.15) is 11.4 Å². The number of aromatic amines is 2. The number of aromatic nitrogens is 3. The van der Waals surface area contributed by atoms with E-state index < -0.39 is 6.10 Å². The Morgan fingerprint density at radius 1 is 1.18 bits per heavy atom. The fraction of sp³-hybridized carbons (Fsp3) is 0.357. The first-order valence-corrected chi connectivity index (χ1v) is 14.6. The third kappa shape index (κ3) is 5.86. The van der Waals surface area contributed by atoms with Gasteiger partial charge in [0, 0.05) is 61.9 Å². The molecule has 200 valence electrons. The van der Waals surface area contributed by atoms with Crippen molar-refractivity contribution in [3.8, 4) is 11.4 Å². The maximum atomic E-state index is 12.9. The van der Waals surface area contributed by atoms with Gasteiger partial charge in [-0.3, -0.25) is 9.69 Å². The number of pyridine rings is 1. The van der Waals surface area contributed by atoms with Gasteiger partial charge in [0.2, 0.25) is 0 Å². The molecule has 0 amide bonds. The summed E-state index contributed by atoms with van der Waals surface area (Å²) in [4.78, 5) is 28.8. The van der Waals surface area contributed by atoms with Gasteiger partial charge >= 0.3 is 0 Å². The number of rotatable bonds is 9. The first-order valence-electron chi connectivity index (χ1n) is 12.8. The Kier molecular flexibility index (Phi) is 8.28. The van der Waals surface area contributed by atoms with Crippen molar-refractivity contribution >= 4 is 45.8 Å². The van der Waals surface area contributed by atoms with Crippen molar-refractivity contribution in [2.45, 2.75) is 13.0 Å². The number of aliphatic hydroxyl groups excluding tert-OH is 1. The minimum Gasteiger partial charge on any atom is -0.387 e. The van der Waals surface area contributed by atoms with Crippen LogP contribution in [0.5, 0.6) is 0 Å². The molecule has 2 aromatic carbocycles. The smallest absolute Gasteiger partial charge is 0.261 e. The van der Waals surface area contributed by atoms with Crippen molar-refractivity contribution < 1.29 is 5.11 Å². The van der Waals surface area contributed by atoms with Crippen LogP contribution in [-0.4, -0.2) is 76.2 Å². The SMILES string of the molecule is CSCCN1CCN(c2cc(C)c3nc(-c4c(NC[C@@H](O)c5cccc(Cl)c5)cc[nH]c4=O)[nH]c3c2)CC1. The Labute approximate surface area is 231 Å². The highest BCUT2D eigenvalue weighted by Crippen LogP contribution is 2.30. The summed E-state index contributed by atoms with van der Waals surface area (Å²) in [7, 11) is 0. The van der Waals surface area contributed by atoms with Crippen LogP contribution in [0.2, 0.25) is 5.02 Å². The number of hydrogen-bond acceptors (Lipinski definition) is 7. The van der Waals surface area contributed by atoms with E-state index in [2.05, 4.69) is 50.4 Å². The van der Waals surface area contributed by atoms with Gasteiger partial charge in [-0.1, -0.05) is 23.7 Å². The van der Waals surface area contributed by atoms with Gasteiger partial charge in [0.25, 0.3) is 5.56 Å². The number of thioether (sulfide) groups is 1. The highest BCUT2D eigenvalue weighted by molar-refractivity contribution is 7.98. The van der Waals surface area contributed by atoms with Crippen molar-refractivity contribution in [1.82, 2.24) is 19.9 Å². The number of benzene rings is 2. The van der Waals surface area contributed by atoms with Gasteiger partial charge in [0.05, 0.1) is 22.8 Å². The molecule has 2 aromatic heterocycles. The van der Waals surface area contributed by atoms with E-state index >= 15 is 0 Å². The summed E-state index contributed by atoms with van der Waals surface area (Å²) < 4.78 is 0. The summed E-state index contributed by atoms with van der Waals surface area (Å²) in [6, 6.07) is 13.2. The van der Waals surface area contributed by atoms with Crippen LogP contribution in [0, 0.1) is 6.92 Å². The lowest BCUT2D eigenvalue weighted by atomic mass is 10.1. The van der Waals surface area contributed by atoms with Crippen LogP contribution in [0.3, 0.4) is 0 Å². The van der Waals surface area contributed by atoms with Crippen molar-refractivity contribution in [2.75, 3.05) is 61.5 Å². The van der Waals surface area contributed by atoms with E-state index in [0.29, 0.717) is 27.7 Å². The Hall–Kier alpha value is -2.98. The van der Waals surface area contributed by atoms with E-state index in [0.717, 1.165) is 55.1 Å². The van der Waals surface area contributed by atoms with Crippen LogP contribution >= 0.6 is 23.4 Å². The lowest BCUT2D eigenvalue weighted by Crippen LogP contribution is -2.47. The lowest BCUT2D eigenvalue weighted by Gasteiger charge is -2.36. The number of imidazole rings is 1. The predicted octanol–water partition coefficient (Wildman–Crippen LogP) is 4.51. The monoisotopic (exact) mass is 552 g/mol. The molecule has 0 radical (unpaired) electrons. The summed E-state index contributed by atoms with van der Waals surface area (Å²) in [6.07, 6.45) is 2.95. The van der Waals surface area contributed by atoms with Gasteiger partial charge in [-0.05, 0) is 54.6 Å². The number of aryl methyl sites for hydroxylation is 1. The standard InChI is InChI=1S/C28H33ClN6O2S/c1-18-14-21(35-10-8-34(9-11-35)12-13-38-2)16-23-26(18)33-27(32-23)25-22(6-7-30-28(25)37)31-17-24(36)19-4-3-5-20(29)15-19/h3-7,14-16,24,36H,8-13,17H2,1-2H3,(H,32,33)(H2,30,31,37)/t24-/m1/s1. The molecule has 1 saturated heterocycles. The fourth-order valence-corrected chi connectivity index (χ4v) is 5.56. The Balaban J connectivity index is 1.38. The number of piperazine rings is 1. The van der Waals surface area contributed by atoms with E-state index in [4.69, 9.17) is 16.6 Å². The second-order valence-corrected chi connectivity index (χ2v) is 11.0. The molecule has 1 aliphatic rings. The minimum absolute atomic E-state index is 0.211. The fourth-order valence-electron chi connectivity index (χ4n) is 4.92. The number of fused-ring (bicyclic) bond motifs is 1. The molecule has 4 N–H and O–H groups in total. The molecule has 0 saturated carbocycles. The predicted molar refractivity (Wildman–Crippen MR) is 159 cm³/mol. The van der Waals surface area contributed by atoms with E-state index in [1.807, 2.05) is 17.8 Å². The molecule has 8 nitrogen and oxygen atoms in total. The van der Waals surface area contributed by atoms with Crippen LogP contribution in [0.15, 0.2) is 53.5 Å². The molecule has 1 fully saturated rings. The molecule has 0 unspecified atom stereocenters. The van der Waals surface area contributed by atoms with E-state index in [1.54, 1.807) is 30.5 Å². The average Bonchev–Trinajstić information content (AvgIpc) is 3.35. The zero-order valence-corrected chi connectivity index (χ0v) is 23.2. The first-order chi connectivity index (χ1) is 18.4. The molecule has 1 atom stereocenters. The number of halogens is 1. The molecule has 1 aliphatic heterocycles. The Morgan fingerprint density at radius 2 is 2.00 bits per heavy atom. The van der Waals surface area contributed by atoms with Crippen molar-refractivity contribution in [3.05, 3.63) is 75.2 Å². The first kappa shape index (κ1) is 26.6. The topological polar surface area (TPSA) is 100 Å². The van der Waals surface area contributed by atoms with Gasteiger partial charge in [0.15, 0.2) is 0 Å². The summed E-state index contributed by atoms with van der Waals surface area (Å²) >= 11 is 7.96. The van der Waals surface area contributed by atoms with Crippen molar-refractivity contribution in [2.24, 2.45) is 0 Å². The van der Waals surface area contributed by atoms with Crippen LogP contribution in [0.1, 0.15) is 17.2 Å². The highest BCUT2D eigenvalue weighted by atomic mass is 35.5. The number of H-pyrrole nitrogens is 2. The normalized spacial score (nSPS) is 15.2. The molecule has 5 rings (SSSR count). The van der Waals surface area contributed by atoms with Crippen LogP contribution < -0.4 is 15.8 Å². The van der Waals surface area contributed by atoms with Crippen LogP contribution in [0.25, 0.3) is 22.4 Å². The molecule has 0 bridgehead atoms. The molecule has 0 aliphatic carbocycles. The number of aliphatic hydroxyl groups is 1.